The van der Waals surface area contributed by atoms with E-state index in [-0.39, 0.29) is 17.9 Å². The third-order valence-corrected chi connectivity index (χ3v) is 3.57. The quantitative estimate of drug-likeness (QED) is 0.551. The highest BCUT2D eigenvalue weighted by Crippen LogP contribution is 2.19. The standard InChI is InChI=1S/C16H17F3N4O3/c1-2-3-9-21(11-16(17,18)19)15(24)14-8-10-22(20-14)12-4-6-13(7-5-12)23(25)26/h4-8,10H,2-3,9,11H2,1H3. The Morgan fingerprint density at radius 1 is 1.27 bits per heavy atom. The van der Waals surface area contributed by atoms with Gasteiger partial charge in [0.05, 0.1) is 10.6 Å². The Balaban J connectivity index is 2.20. The third kappa shape index (κ3) is 5.04. The molecule has 0 saturated heterocycles. The van der Waals surface area contributed by atoms with Crippen LogP contribution in [0, 0.1) is 10.1 Å². The van der Waals surface area contributed by atoms with Gasteiger partial charge in [0.1, 0.15) is 6.54 Å². The number of nitro groups is 1. The van der Waals surface area contributed by atoms with Gasteiger partial charge < -0.3 is 4.90 Å². The summed E-state index contributed by atoms with van der Waals surface area (Å²) in [5, 5.41) is 14.7. The average molecular weight is 370 g/mol. The molecule has 0 unspecified atom stereocenters. The van der Waals surface area contributed by atoms with Gasteiger partial charge in [-0.25, -0.2) is 4.68 Å². The highest BCUT2D eigenvalue weighted by atomic mass is 19.4. The van der Waals surface area contributed by atoms with Crippen LogP contribution in [0.4, 0.5) is 18.9 Å². The van der Waals surface area contributed by atoms with Gasteiger partial charge in [-0.3, -0.25) is 14.9 Å². The lowest BCUT2D eigenvalue weighted by Crippen LogP contribution is -2.39. The Morgan fingerprint density at radius 2 is 1.92 bits per heavy atom. The van der Waals surface area contributed by atoms with E-state index >= 15 is 0 Å². The van der Waals surface area contributed by atoms with Crippen LogP contribution in [0.5, 0.6) is 0 Å². The molecule has 0 fully saturated rings. The molecule has 0 spiro atoms. The first-order valence-corrected chi connectivity index (χ1v) is 7.88. The van der Waals surface area contributed by atoms with Crippen molar-refractivity contribution in [3.05, 3.63) is 52.3 Å². The van der Waals surface area contributed by atoms with Gasteiger partial charge in [-0.05, 0) is 24.6 Å². The molecule has 1 aromatic heterocycles. The van der Waals surface area contributed by atoms with Crippen molar-refractivity contribution in [2.75, 3.05) is 13.1 Å². The maximum atomic E-state index is 12.7. The molecule has 2 rings (SSSR count). The van der Waals surface area contributed by atoms with E-state index in [0.717, 1.165) is 4.90 Å². The molecule has 0 N–H and O–H groups in total. The zero-order valence-corrected chi connectivity index (χ0v) is 13.9. The highest BCUT2D eigenvalue weighted by Gasteiger charge is 2.33. The van der Waals surface area contributed by atoms with Crippen molar-refractivity contribution in [1.82, 2.24) is 14.7 Å². The first-order valence-electron chi connectivity index (χ1n) is 7.88. The molecule has 0 aliphatic carbocycles. The zero-order valence-electron chi connectivity index (χ0n) is 13.9. The molecule has 10 heteroatoms. The lowest BCUT2D eigenvalue weighted by atomic mass is 10.3. The summed E-state index contributed by atoms with van der Waals surface area (Å²) in [6, 6.07) is 6.73. The summed E-state index contributed by atoms with van der Waals surface area (Å²) in [7, 11) is 0. The SMILES string of the molecule is CCCCN(CC(F)(F)F)C(=O)c1ccn(-c2ccc([N+](=O)[O-])cc2)n1. The number of aromatic nitrogens is 2. The molecule has 140 valence electrons. The van der Waals surface area contributed by atoms with E-state index in [2.05, 4.69) is 5.10 Å². The number of nitro benzene ring substituents is 1. The number of non-ortho nitro benzene ring substituents is 1. The predicted octanol–water partition coefficient (Wildman–Crippen LogP) is 3.59. The third-order valence-electron chi connectivity index (χ3n) is 3.57. The maximum Gasteiger partial charge on any atom is 0.406 e. The molecule has 0 atom stereocenters. The normalized spacial score (nSPS) is 11.4. The molecule has 0 aliphatic heterocycles. The first-order chi connectivity index (χ1) is 12.2. The van der Waals surface area contributed by atoms with Crippen LogP contribution in [-0.2, 0) is 0 Å². The molecule has 0 bridgehead atoms. The summed E-state index contributed by atoms with van der Waals surface area (Å²) in [4.78, 5) is 23.2. The van der Waals surface area contributed by atoms with Crippen LogP contribution in [0.3, 0.4) is 0 Å². The second-order valence-corrected chi connectivity index (χ2v) is 5.61. The Kier molecular flexibility index (Phi) is 5.96. The molecular weight excluding hydrogens is 353 g/mol. The number of benzene rings is 1. The van der Waals surface area contributed by atoms with Crippen molar-refractivity contribution in [2.45, 2.75) is 25.9 Å². The van der Waals surface area contributed by atoms with Crippen LogP contribution in [0.15, 0.2) is 36.5 Å². The van der Waals surface area contributed by atoms with E-state index in [1.54, 1.807) is 0 Å². The van der Waals surface area contributed by atoms with Crippen LogP contribution in [0.2, 0.25) is 0 Å². The van der Waals surface area contributed by atoms with Crippen LogP contribution in [-0.4, -0.2) is 44.8 Å². The predicted molar refractivity (Wildman–Crippen MR) is 87.1 cm³/mol. The number of alkyl halides is 3. The van der Waals surface area contributed by atoms with Gasteiger partial charge in [0.15, 0.2) is 5.69 Å². The Morgan fingerprint density at radius 3 is 2.46 bits per heavy atom. The number of amides is 1. The van der Waals surface area contributed by atoms with Gasteiger partial charge in [0.25, 0.3) is 11.6 Å². The van der Waals surface area contributed by atoms with Crippen molar-refractivity contribution in [2.24, 2.45) is 0 Å². The number of hydrogen-bond donors (Lipinski definition) is 0. The fourth-order valence-electron chi connectivity index (χ4n) is 2.29. The maximum absolute atomic E-state index is 12.7. The van der Waals surface area contributed by atoms with Crippen molar-refractivity contribution >= 4 is 11.6 Å². The second kappa shape index (κ2) is 7.98. The summed E-state index contributed by atoms with van der Waals surface area (Å²) in [6.07, 6.45) is -1.98. The van der Waals surface area contributed by atoms with Gasteiger partial charge in [0.2, 0.25) is 0 Å². The van der Waals surface area contributed by atoms with Gasteiger partial charge in [-0.2, -0.15) is 18.3 Å². The molecule has 0 radical (unpaired) electrons. The molecule has 0 aliphatic rings. The van der Waals surface area contributed by atoms with E-state index < -0.39 is 23.6 Å². The van der Waals surface area contributed by atoms with Crippen LogP contribution < -0.4 is 0 Å². The zero-order chi connectivity index (χ0) is 19.3. The Bertz CT molecular complexity index is 772. The fraction of sp³-hybridized carbons (Fsp3) is 0.375. The average Bonchev–Trinajstić information content (AvgIpc) is 3.07. The molecule has 1 aromatic carbocycles. The molecule has 26 heavy (non-hydrogen) atoms. The number of carbonyl (C=O) groups is 1. The van der Waals surface area contributed by atoms with Gasteiger partial charge in [-0.15, -0.1) is 0 Å². The molecular formula is C16H17F3N4O3. The van der Waals surface area contributed by atoms with Gasteiger partial charge >= 0.3 is 6.18 Å². The van der Waals surface area contributed by atoms with E-state index in [1.165, 1.54) is 41.2 Å². The minimum atomic E-state index is -4.50. The van der Waals surface area contributed by atoms with Crippen LogP contribution >= 0.6 is 0 Å². The highest BCUT2D eigenvalue weighted by molar-refractivity contribution is 5.92. The molecule has 1 heterocycles. The van der Waals surface area contributed by atoms with E-state index in [9.17, 15) is 28.1 Å². The number of carbonyl (C=O) groups excluding carboxylic acids is 1. The van der Waals surface area contributed by atoms with Crippen molar-refractivity contribution < 1.29 is 22.9 Å². The molecule has 7 nitrogen and oxygen atoms in total. The number of unbranched alkanes of at least 4 members (excludes halogenated alkanes) is 1. The summed E-state index contributed by atoms with van der Waals surface area (Å²) >= 11 is 0. The summed E-state index contributed by atoms with van der Waals surface area (Å²) in [5.41, 5.74) is 0.224. The topological polar surface area (TPSA) is 81.3 Å². The van der Waals surface area contributed by atoms with Gasteiger partial charge in [0, 0.05) is 24.9 Å². The van der Waals surface area contributed by atoms with Crippen molar-refractivity contribution in [1.29, 1.82) is 0 Å². The minimum Gasteiger partial charge on any atom is -0.328 e. The number of halogens is 3. The van der Waals surface area contributed by atoms with Crippen LogP contribution in [0.25, 0.3) is 5.69 Å². The smallest absolute Gasteiger partial charge is 0.328 e. The Labute approximate surface area is 147 Å². The molecule has 2 aromatic rings. The lowest BCUT2D eigenvalue weighted by molar-refractivity contribution is -0.384. The number of rotatable bonds is 7. The van der Waals surface area contributed by atoms with Crippen molar-refractivity contribution in [3.8, 4) is 5.69 Å². The number of nitrogens with zero attached hydrogens (tertiary/aromatic N) is 4. The minimum absolute atomic E-state index is 0.0146. The first kappa shape index (κ1) is 19.4. The van der Waals surface area contributed by atoms with Gasteiger partial charge in [-0.1, -0.05) is 13.3 Å². The van der Waals surface area contributed by atoms with E-state index in [0.29, 0.717) is 18.5 Å². The van der Waals surface area contributed by atoms with Crippen molar-refractivity contribution in [3.63, 3.8) is 0 Å². The molecule has 0 saturated carbocycles. The number of hydrogen-bond acceptors (Lipinski definition) is 4. The lowest BCUT2D eigenvalue weighted by Gasteiger charge is -2.22. The fourth-order valence-corrected chi connectivity index (χ4v) is 2.29. The second-order valence-electron chi connectivity index (χ2n) is 5.61. The largest absolute Gasteiger partial charge is 0.406 e. The summed E-state index contributed by atoms with van der Waals surface area (Å²) in [5.74, 6) is -0.809. The van der Waals surface area contributed by atoms with E-state index in [4.69, 9.17) is 0 Å². The summed E-state index contributed by atoms with van der Waals surface area (Å²) in [6.45, 7) is 0.467. The molecule has 1 amide bonds. The van der Waals surface area contributed by atoms with E-state index in [1.807, 2.05) is 6.92 Å². The monoisotopic (exact) mass is 370 g/mol. The van der Waals surface area contributed by atoms with Crippen LogP contribution in [0.1, 0.15) is 30.3 Å². The summed E-state index contributed by atoms with van der Waals surface area (Å²) < 4.78 is 39.4. The Hall–Kier alpha value is -2.91.